The zero-order valence-electron chi connectivity index (χ0n) is 15.1. The van der Waals surface area contributed by atoms with Crippen LogP contribution in [0, 0.1) is 18.3 Å². The number of carbonyl (C=O) groups excluding carboxylic acids is 1. The lowest BCUT2D eigenvalue weighted by Crippen LogP contribution is -2.39. The molecule has 0 bridgehead atoms. The Morgan fingerprint density at radius 1 is 1.26 bits per heavy atom. The molecular weight excluding hydrogens is 346 g/mol. The molecule has 1 aliphatic carbocycles. The van der Waals surface area contributed by atoms with Gasteiger partial charge in [0.2, 0.25) is 5.43 Å². The smallest absolute Gasteiger partial charge is 0.311 e. The number of aryl methyl sites for hydroxylation is 1. The number of aromatic nitrogens is 2. The van der Waals surface area contributed by atoms with E-state index in [4.69, 9.17) is 0 Å². The lowest BCUT2D eigenvalue weighted by Gasteiger charge is -2.23. The summed E-state index contributed by atoms with van der Waals surface area (Å²) in [6.07, 6.45) is 2.24. The van der Waals surface area contributed by atoms with E-state index in [0.717, 1.165) is 18.5 Å². The first kappa shape index (κ1) is 17.5. The number of amides is 1. The van der Waals surface area contributed by atoms with Crippen LogP contribution in [-0.4, -0.2) is 44.8 Å². The van der Waals surface area contributed by atoms with Crippen molar-refractivity contribution in [1.29, 1.82) is 0 Å². The molecular formula is C20H21N3O4. The Hall–Kier alpha value is -2.96. The topological polar surface area (TPSA) is 92.5 Å². The van der Waals surface area contributed by atoms with Gasteiger partial charge in [-0.2, -0.15) is 5.10 Å². The summed E-state index contributed by atoms with van der Waals surface area (Å²) in [4.78, 5) is 38.8. The van der Waals surface area contributed by atoms with E-state index in [-0.39, 0.29) is 18.2 Å². The van der Waals surface area contributed by atoms with E-state index in [0.29, 0.717) is 18.7 Å². The first-order chi connectivity index (χ1) is 12.9. The van der Waals surface area contributed by atoms with E-state index in [1.54, 1.807) is 11.6 Å². The maximum Gasteiger partial charge on any atom is 0.311 e. The van der Waals surface area contributed by atoms with Gasteiger partial charge in [-0.1, -0.05) is 24.6 Å². The highest BCUT2D eigenvalue weighted by Gasteiger charge is 2.56. The molecule has 1 aromatic carbocycles. The second kappa shape index (κ2) is 6.33. The Labute approximate surface area is 156 Å². The van der Waals surface area contributed by atoms with Crippen molar-refractivity contribution in [2.75, 3.05) is 13.1 Å². The van der Waals surface area contributed by atoms with Gasteiger partial charge < -0.3 is 10.0 Å². The SMILES string of the molecule is Cc1cc(=O)c(C(=O)N2C[C@@H]3CCC[C@@]3(C(=O)O)C2)nn1-c1ccccc1. The van der Waals surface area contributed by atoms with Crippen molar-refractivity contribution in [1.82, 2.24) is 14.7 Å². The number of carboxylic acid groups (broad SMARTS) is 1. The van der Waals surface area contributed by atoms with E-state index >= 15 is 0 Å². The van der Waals surface area contributed by atoms with Crippen molar-refractivity contribution in [2.24, 2.45) is 11.3 Å². The molecule has 2 aromatic rings. The third-order valence-corrected chi connectivity index (χ3v) is 5.89. The van der Waals surface area contributed by atoms with Gasteiger partial charge in [0.1, 0.15) is 0 Å². The molecule has 2 atom stereocenters. The summed E-state index contributed by atoms with van der Waals surface area (Å²) >= 11 is 0. The zero-order chi connectivity index (χ0) is 19.2. The van der Waals surface area contributed by atoms with Gasteiger partial charge in [-0.3, -0.25) is 14.4 Å². The number of carboxylic acids is 1. The lowest BCUT2D eigenvalue weighted by molar-refractivity contribution is -0.149. The Morgan fingerprint density at radius 3 is 2.67 bits per heavy atom. The molecule has 0 radical (unpaired) electrons. The number of para-hydroxylation sites is 1. The van der Waals surface area contributed by atoms with Crippen molar-refractivity contribution in [3.63, 3.8) is 0 Å². The van der Waals surface area contributed by atoms with Crippen LogP contribution in [-0.2, 0) is 4.79 Å². The van der Waals surface area contributed by atoms with Gasteiger partial charge in [-0.25, -0.2) is 4.68 Å². The average Bonchev–Trinajstić information content (AvgIpc) is 3.20. The number of aliphatic carboxylic acids is 1. The average molecular weight is 367 g/mol. The number of rotatable bonds is 3. The predicted molar refractivity (Wildman–Crippen MR) is 97.9 cm³/mol. The van der Waals surface area contributed by atoms with Crippen LogP contribution < -0.4 is 5.43 Å². The van der Waals surface area contributed by atoms with E-state index in [1.165, 1.54) is 11.0 Å². The van der Waals surface area contributed by atoms with Crippen molar-refractivity contribution >= 4 is 11.9 Å². The van der Waals surface area contributed by atoms with E-state index in [2.05, 4.69) is 5.10 Å². The molecule has 140 valence electrons. The van der Waals surface area contributed by atoms with Crippen LogP contribution in [0.3, 0.4) is 0 Å². The standard InChI is InChI=1S/C20H21N3O4/c1-13-10-16(24)17(21-23(13)15-7-3-2-4-8-15)18(25)22-11-14-6-5-9-20(14,12-22)19(26)27/h2-4,7-8,10,14H,5-6,9,11-12H2,1H3,(H,26,27)/t14-,20+/m0/s1. The summed E-state index contributed by atoms with van der Waals surface area (Å²) in [6, 6.07) is 10.7. The molecule has 1 aromatic heterocycles. The highest BCUT2D eigenvalue weighted by molar-refractivity contribution is 5.93. The molecule has 1 saturated heterocycles. The number of hydrogen-bond donors (Lipinski definition) is 1. The van der Waals surface area contributed by atoms with Gasteiger partial charge in [0.15, 0.2) is 5.69 Å². The molecule has 7 heteroatoms. The van der Waals surface area contributed by atoms with Gasteiger partial charge in [0, 0.05) is 24.8 Å². The van der Waals surface area contributed by atoms with Crippen molar-refractivity contribution in [3.05, 3.63) is 58.0 Å². The molecule has 4 rings (SSSR count). The molecule has 2 heterocycles. The number of hydrogen-bond acceptors (Lipinski definition) is 4. The van der Waals surface area contributed by atoms with Gasteiger partial charge in [0.05, 0.1) is 11.1 Å². The molecule has 1 amide bonds. The summed E-state index contributed by atoms with van der Waals surface area (Å²) in [5.41, 5.74) is -0.0952. The Balaban J connectivity index is 1.69. The highest BCUT2D eigenvalue weighted by Crippen LogP contribution is 2.49. The highest BCUT2D eigenvalue weighted by atomic mass is 16.4. The molecule has 27 heavy (non-hydrogen) atoms. The van der Waals surface area contributed by atoms with Gasteiger partial charge in [0.25, 0.3) is 5.91 Å². The van der Waals surface area contributed by atoms with Crippen LogP contribution in [0.2, 0.25) is 0 Å². The normalized spacial score (nSPS) is 24.0. The fraction of sp³-hybridized carbons (Fsp3) is 0.400. The minimum absolute atomic E-state index is 0.0549. The first-order valence-electron chi connectivity index (χ1n) is 9.11. The second-order valence-electron chi connectivity index (χ2n) is 7.48. The minimum Gasteiger partial charge on any atom is -0.481 e. The summed E-state index contributed by atoms with van der Waals surface area (Å²) in [6.45, 7) is 2.27. The Kier molecular flexibility index (Phi) is 4.09. The third kappa shape index (κ3) is 2.74. The molecule has 0 spiro atoms. The number of benzene rings is 1. The van der Waals surface area contributed by atoms with Crippen LogP contribution >= 0.6 is 0 Å². The van der Waals surface area contributed by atoms with Crippen LogP contribution in [0.4, 0.5) is 0 Å². The Bertz CT molecular complexity index is 969. The fourth-order valence-electron chi connectivity index (χ4n) is 4.47. The largest absolute Gasteiger partial charge is 0.481 e. The number of fused-ring (bicyclic) bond motifs is 1. The lowest BCUT2D eigenvalue weighted by atomic mass is 9.81. The van der Waals surface area contributed by atoms with Crippen LogP contribution in [0.15, 0.2) is 41.2 Å². The summed E-state index contributed by atoms with van der Waals surface area (Å²) < 4.78 is 1.57. The first-order valence-corrected chi connectivity index (χ1v) is 9.11. The monoisotopic (exact) mass is 367 g/mol. The summed E-state index contributed by atoms with van der Waals surface area (Å²) in [7, 11) is 0. The maximum absolute atomic E-state index is 13.0. The van der Waals surface area contributed by atoms with Gasteiger partial charge >= 0.3 is 5.97 Å². The molecule has 1 aliphatic heterocycles. The third-order valence-electron chi connectivity index (χ3n) is 5.89. The van der Waals surface area contributed by atoms with Crippen LogP contribution in [0.5, 0.6) is 0 Å². The van der Waals surface area contributed by atoms with Gasteiger partial charge in [-0.05, 0) is 37.8 Å². The van der Waals surface area contributed by atoms with E-state index in [9.17, 15) is 19.5 Å². The predicted octanol–water partition coefficient (Wildman–Crippen LogP) is 1.87. The van der Waals surface area contributed by atoms with Crippen molar-refractivity contribution in [2.45, 2.75) is 26.2 Å². The summed E-state index contributed by atoms with van der Waals surface area (Å²) in [5.74, 6) is -1.39. The molecule has 2 aliphatic rings. The number of likely N-dealkylation sites (tertiary alicyclic amines) is 1. The Morgan fingerprint density at radius 2 is 2.00 bits per heavy atom. The fourth-order valence-corrected chi connectivity index (χ4v) is 4.47. The number of nitrogens with zero attached hydrogens (tertiary/aromatic N) is 3. The molecule has 1 saturated carbocycles. The second-order valence-corrected chi connectivity index (χ2v) is 7.48. The summed E-state index contributed by atoms with van der Waals surface area (Å²) in [5, 5.41) is 14.0. The molecule has 7 nitrogen and oxygen atoms in total. The number of carbonyl (C=O) groups is 2. The molecule has 0 unspecified atom stereocenters. The van der Waals surface area contributed by atoms with E-state index < -0.39 is 22.7 Å². The van der Waals surface area contributed by atoms with Crippen molar-refractivity contribution in [3.8, 4) is 5.69 Å². The van der Waals surface area contributed by atoms with Crippen LogP contribution in [0.25, 0.3) is 5.69 Å². The van der Waals surface area contributed by atoms with Gasteiger partial charge in [-0.15, -0.1) is 0 Å². The van der Waals surface area contributed by atoms with E-state index in [1.807, 2.05) is 30.3 Å². The molecule has 2 fully saturated rings. The molecule has 1 N–H and O–H groups in total. The minimum atomic E-state index is -0.876. The quantitative estimate of drug-likeness (QED) is 0.894. The van der Waals surface area contributed by atoms with Crippen molar-refractivity contribution < 1.29 is 14.7 Å². The maximum atomic E-state index is 13.0. The van der Waals surface area contributed by atoms with Crippen LogP contribution in [0.1, 0.15) is 35.4 Å². The zero-order valence-corrected chi connectivity index (χ0v) is 15.1.